The van der Waals surface area contributed by atoms with Gasteiger partial charge in [0.2, 0.25) is 0 Å². The molecule has 1 N–H and O–H groups in total. The fourth-order valence-corrected chi connectivity index (χ4v) is 2.34. The minimum absolute atomic E-state index is 0.688. The van der Waals surface area contributed by atoms with Crippen molar-refractivity contribution in [2.45, 2.75) is 51.6 Å². The second-order valence-electron chi connectivity index (χ2n) is 5.04. The molecule has 0 aromatic carbocycles. The van der Waals surface area contributed by atoms with Crippen LogP contribution in [0.3, 0.4) is 0 Å². The van der Waals surface area contributed by atoms with E-state index in [1.807, 2.05) is 18.7 Å². The molecule has 16 heavy (non-hydrogen) atoms. The van der Waals surface area contributed by atoms with Gasteiger partial charge in [-0.3, -0.25) is 0 Å². The van der Waals surface area contributed by atoms with Crippen LogP contribution in [0.15, 0.2) is 18.7 Å². The smallest absolute Gasteiger partial charge is 0.0945 e. The van der Waals surface area contributed by atoms with Crippen molar-refractivity contribution in [2.75, 3.05) is 6.54 Å². The van der Waals surface area contributed by atoms with Crippen LogP contribution in [0.4, 0.5) is 0 Å². The van der Waals surface area contributed by atoms with Gasteiger partial charge < -0.3 is 9.88 Å². The van der Waals surface area contributed by atoms with E-state index >= 15 is 0 Å². The van der Waals surface area contributed by atoms with Gasteiger partial charge >= 0.3 is 0 Å². The Morgan fingerprint density at radius 3 is 3.00 bits per heavy atom. The SMILES string of the molecule is CC(CC1CCC1)NCCCn1ccnc1. The first-order valence-electron chi connectivity index (χ1n) is 6.53. The Bertz CT molecular complexity index is 277. The summed E-state index contributed by atoms with van der Waals surface area (Å²) in [7, 11) is 0. The number of hydrogen-bond acceptors (Lipinski definition) is 2. The van der Waals surface area contributed by atoms with E-state index in [1.54, 1.807) is 0 Å². The second kappa shape index (κ2) is 6.04. The van der Waals surface area contributed by atoms with Gasteiger partial charge in [-0.05, 0) is 32.2 Å². The highest BCUT2D eigenvalue weighted by Gasteiger charge is 2.19. The lowest BCUT2D eigenvalue weighted by molar-refractivity contribution is 0.265. The average molecular weight is 221 g/mol. The summed E-state index contributed by atoms with van der Waals surface area (Å²) in [6, 6.07) is 0.688. The molecule has 1 heterocycles. The summed E-state index contributed by atoms with van der Waals surface area (Å²) in [6.45, 7) is 4.50. The molecule has 0 radical (unpaired) electrons. The van der Waals surface area contributed by atoms with E-state index in [9.17, 15) is 0 Å². The lowest BCUT2D eigenvalue weighted by Gasteiger charge is -2.28. The van der Waals surface area contributed by atoms with E-state index in [0.717, 1.165) is 19.0 Å². The topological polar surface area (TPSA) is 29.9 Å². The minimum Gasteiger partial charge on any atom is -0.337 e. The van der Waals surface area contributed by atoms with Gasteiger partial charge in [-0.15, -0.1) is 0 Å². The Labute approximate surface area is 98.3 Å². The molecule has 1 aromatic rings. The molecule has 0 aliphatic heterocycles. The average Bonchev–Trinajstić information content (AvgIpc) is 2.71. The Balaban J connectivity index is 1.50. The summed E-state index contributed by atoms with van der Waals surface area (Å²) < 4.78 is 2.14. The Morgan fingerprint density at radius 2 is 2.38 bits per heavy atom. The van der Waals surface area contributed by atoms with Crippen LogP contribution in [0, 0.1) is 5.92 Å². The summed E-state index contributed by atoms with van der Waals surface area (Å²) in [5, 5.41) is 3.61. The molecular weight excluding hydrogens is 198 g/mol. The van der Waals surface area contributed by atoms with Gasteiger partial charge in [0.05, 0.1) is 6.33 Å². The largest absolute Gasteiger partial charge is 0.337 e. The van der Waals surface area contributed by atoms with E-state index in [1.165, 1.54) is 32.1 Å². The highest BCUT2D eigenvalue weighted by molar-refractivity contribution is 4.76. The highest BCUT2D eigenvalue weighted by atomic mass is 15.0. The van der Waals surface area contributed by atoms with E-state index in [-0.39, 0.29) is 0 Å². The van der Waals surface area contributed by atoms with Crippen molar-refractivity contribution in [1.82, 2.24) is 14.9 Å². The van der Waals surface area contributed by atoms with Crippen molar-refractivity contribution in [1.29, 1.82) is 0 Å². The zero-order chi connectivity index (χ0) is 11.2. The van der Waals surface area contributed by atoms with Gasteiger partial charge in [0, 0.05) is 25.0 Å². The predicted molar refractivity (Wildman–Crippen MR) is 66.3 cm³/mol. The third-order valence-corrected chi connectivity index (χ3v) is 3.56. The first kappa shape index (κ1) is 11.6. The first-order chi connectivity index (χ1) is 7.84. The van der Waals surface area contributed by atoms with Gasteiger partial charge in [-0.1, -0.05) is 19.3 Å². The van der Waals surface area contributed by atoms with Crippen molar-refractivity contribution >= 4 is 0 Å². The lowest BCUT2D eigenvalue weighted by Crippen LogP contribution is -2.31. The zero-order valence-electron chi connectivity index (χ0n) is 10.2. The standard InChI is InChI=1S/C13H23N3/c1-12(10-13-4-2-5-13)15-6-3-8-16-9-7-14-11-16/h7,9,11-13,15H,2-6,8,10H2,1H3. The molecule has 0 spiro atoms. The maximum Gasteiger partial charge on any atom is 0.0945 e. The number of aryl methyl sites for hydroxylation is 1. The van der Waals surface area contributed by atoms with Crippen molar-refractivity contribution in [3.05, 3.63) is 18.7 Å². The monoisotopic (exact) mass is 221 g/mol. The normalized spacial score (nSPS) is 18.3. The maximum atomic E-state index is 4.04. The number of imidazole rings is 1. The van der Waals surface area contributed by atoms with Crippen LogP contribution in [0.25, 0.3) is 0 Å². The van der Waals surface area contributed by atoms with Gasteiger partial charge in [-0.2, -0.15) is 0 Å². The number of rotatable bonds is 7. The van der Waals surface area contributed by atoms with Gasteiger partial charge in [0.1, 0.15) is 0 Å². The maximum absolute atomic E-state index is 4.04. The molecule has 1 saturated carbocycles. The van der Waals surface area contributed by atoms with Crippen LogP contribution in [0.2, 0.25) is 0 Å². The molecular formula is C13H23N3. The molecule has 1 fully saturated rings. The fourth-order valence-electron chi connectivity index (χ4n) is 2.34. The molecule has 1 aliphatic rings. The van der Waals surface area contributed by atoms with Crippen LogP contribution in [0.1, 0.15) is 39.0 Å². The number of aromatic nitrogens is 2. The second-order valence-corrected chi connectivity index (χ2v) is 5.04. The van der Waals surface area contributed by atoms with Crippen LogP contribution < -0.4 is 5.32 Å². The number of hydrogen-bond donors (Lipinski definition) is 1. The molecule has 3 nitrogen and oxygen atoms in total. The van der Waals surface area contributed by atoms with E-state index in [2.05, 4.69) is 21.8 Å². The summed E-state index contributed by atoms with van der Waals surface area (Å²) in [6.07, 6.45) is 12.7. The Kier molecular flexibility index (Phi) is 4.40. The summed E-state index contributed by atoms with van der Waals surface area (Å²) in [5.41, 5.74) is 0. The number of nitrogens with one attached hydrogen (secondary N) is 1. The Hall–Kier alpha value is -0.830. The molecule has 0 saturated heterocycles. The molecule has 3 heteroatoms. The Morgan fingerprint density at radius 1 is 1.50 bits per heavy atom. The van der Waals surface area contributed by atoms with Crippen molar-refractivity contribution in [3.63, 3.8) is 0 Å². The zero-order valence-corrected chi connectivity index (χ0v) is 10.2. The van der Waals surface area contributed by atoms with Crippen LogP contribution in [0.5, 0.6) is 0 Å². The fraction of sp³-hybridized carbons (Fsp3) is 0.769. The highest BCUT2D eigenvalue weighted by Crippen LogP contribution is 2.30. The van der Waals surface area contributed by atoms with Crippen LogP contribution in [-0.4, -0.2) is 22.1 Å². The van der Waals surface area contributed by atoms with Gasteiger partial charge in [0.25, 0.3) is 0 Å². The van der Waals surface area contributed by atoms with Crippen LogP contribution >= 0.6 is 0 Å². The quantitative estimate of drug-likeness (QED) is 0.717. The third kappa shape index (κ3) is 3.63. The molecule has 1 atom stereocenters. The minimum atomic E-state index is 0.688. The molecule has 2 rings (SSSR count). The molecule has 1 unspecified atom stereocenters. The van der Waals surface area contributed by atoms with Gasteiger partial charge in [0.15, 0.2) is 0 Å². The molecule has 1 aliphatic carbocycles. The van der Waals surface area contributed by atoms with E-state index in [0.29, 0.717) is 6.04 Å². The molecule has 0 amide bonds. The summed E-state index contributed by atoms with van der Waals surface area (Å²) in [5.74, 6) is 1.01. The molecule has 0 bridgehead atoms. The van der Waals surface area contributed by atoms with Crippen molar-refractivity contribution in [3.8, 4) is 0 Å². The van der Waals surface area contributed by atoms with Crippen LogP contribution in [-0.2, 0) is 6.54 Å². The van der Waals surface area contributed by atoms with E-state index in [4.69, 9.17) is 0 Å². The molecule has 1 aromatic heterocycles. The third-order valence-electron chi connectivity index (χ3n) is 3.56. The summed E-state index contributed by atoms with van der Waals surface area (Å²) >= 11 is 0. The summed E-state index contributed by atoms with van der Waals surface area (Å²) in [4.78, 5) is 4.04. The van der Waals surface area contributed by atoms with Gasteiger partial charge in [-0.25, -0.2) is 4.98 Å². The number of nitrogens with zero attached hydrogens (tertiary/aromatic N) is 2. The first-order valence-corrected chi connectivity index (χ1v) is 6.53. The lowest BCUT2D eigenvalue weighted by atomic mass is 9.81. The molecule has 90 valence electrons. The van der Waals surface area contributed by atoms with Crippen molar-refractivity contribution in [2.24, 2.45) is 5.92 Å². The predicted octanol–water partition coefficient (Wildman–Crippen LogP) is 2.44. The van der Waals surface area contributed by atoms with E-state index < -0.39 is 0 Å². The van der Waals surface area contributed by atoms with Crippen molar-refractivity contribution < 1.29 is 0 Å².